The standard InChI is InChI=1S/C66H44N2/c1-3-15-45(16-4-1)50-19-11-21-52(41-50)53-22-12-20-51(42-53)49-33-31-47(32-34-49)48-35-38-56(39-36-48)67-63-29-9-8-26-60(63)62-44-55(37-40-65(62)67)58-27-14-28-61-59-25-7-10-30-64(59)68(66(58)61)57-24-13-23-54(43-57)46-17-5-2-6-18-46/h1-44H. The van der Waals surface area contributed by atoms with Gasteiger partial charge in [0.25, 0.3) is 0 Å². The van der Waals surface area contributed by atoms with E-state index < -0.39 is 0 Å². The minimum Gasteiger partial charge on any atom is -0.309 e. The molecule has 0 unspecified atom stereocenters. The number of hydrogen-bond donors (Lipinski definition) is 0. The molecule has 0 saturated heterocycles. The van der Waals surface area contributed by atoms with Gasteiger partial charge in [-0.2, -0.15) is 0 Å². The maximum absolute atomic E-state index is 2.46. The minimum atomic E-state index is 1.14. The summed E-state index contributed by atoms with van der Waals surface area (Å²) < 4.78 is 4.87. The molecule has 0 aliphatic heterocycles. The fraction of sp³-hybridized carbons (Fsp3) is 0. The van der Waals surface area contributed by atoms with Crippen molar-refractivity contribution >= 4 is 43.6 Å². The molecule has 2 heterocycles. The first kappa shape index (κ1) is 39.4. The summed E-state index contributed by atoms with van der Waals surface area (Å²) in [5.74, 6) is 0. The van der Waals surface area contributed by atoms with Crippen LogP contribution in [0.1, 0.15) is 0 Å². The lowest BCUT2D eigenvalue weighted by Gasteiger charge is -2.14. The van der Waals surface area contributed by atoms with E-state index in [9.17, 15) is 0 Å². The molecule has 318 valence electrons. The summed E-state index contributed by atoms with van der Waals surface area (Å²) in [5.41, 5.74) is 21.5. The third-order valence-corrected chi connectivity index (χ3v) is 13.7. The number of aromatic nitrogens is 2. The Labute approximate surface area is 395 Å². The predicted octanol–water partition coefficient (Wildman–Crippen LogP) is 17.9. The summed E-state index contributed by atoms with van der Waals surface area (Å²) in [4.78, 5) is 0. The molecule has 0 saturated carbocycles. The van der Waals surface area contributed by atoms with Crippen LogP contribution in [0.2, 0.25) is 0 Å². The summed E-state index contributed by atoms with van der Waals surface area (Å²) >= 11 is 0. The molecule has 0 fully saturated rings. The zero-order valence-electron chi connectivity index (χ0n) is 37.3. The Morgan fingerprint density at radius 3 is 1.21 bits per heavy atom. The number of nitrogens with zero attached hydrogens (tertiary/aromatic N) is 2. The van der Waals surface area contributed by atoms with Crippen molar-refractivity contribution in [2.75, 3.05) is 0 Å². The number of rotatable bonds is 8. The Balaban J connectivity index is 0.841. The molecule has 13 aromatic rings. The summed E-state index contributed by atoms with van der Waals surface area (Å²) in [6.07, 6.45) is 0. The first-order valence-corrected chi connectivity index (χ1v) is 23.4. The highest BCUT2D eigenvalue weighted by atomic mass is 15.0. The SMILES string of the molecule is c1ccc(-c2cccc(-c3cccc(-c4ccc(-c5ccc(-n6c7ccccc7c7cc(-c8cccc9c%10ccccc%10n(-c%10cccc(-c%11ccccc%11)c%10)c89)ccc76)cc5)cc4)c3)c2)cc1. The van der Waals surface area contributed by atoms with E-state index in [-0.39, 0.29) is 0 Å². The Morgan fingerprint density at radius 2 is 0.588 bits per heavy atom. The Kier molecular flexibility index (Phi) is 9.54. The summed E-state index contributed by atoms with van der Waals surface area (Å²) in [7, 11) is 0. The number of para-hydroxylation sites is 3. The van der Waals surface area contributed by atoms with Gasteiger partial charge in [0, 0.05) is 38.5 Å². The molecule has 0 atom stereocenters. The van der Waals surface area contributed by atoms with Crippen LogP contribution in [0.4, 0.5) is 0 Å². The van der Waals surface area contributed by atoms with Crippen molar-refractivity contribution in [1.82, 2.24) is 9.13 Å². The highest BCUT2D eigenvalue weighted by molar-refractivity contribution is 6.15. The van der Waals surface area contributed by atoms with Gasteiger partial charge in [-0.3, -0.25) is 0 Å². The van der Waals surface area contributed by atoms with Gasteiger partial charge in [0.05, 0.1) is 22.1 Å². The first-order chi connectivity index (χ1) is 33.7. The van der Waals surface area contributed by atoms with Gasteiger partial charge < -0.3 is 9.13 Å². The van der Waals surface area contributed by atoms with Crippen molar-refractivity contribution in [2.24, 2.45) is 0 Å². The van der Waals surface area contributed by atoms with E-state index in [1.54, 1.807) is 0 Å². The van der Waals surface area contributed by atoms with Crippen molar-refractivity contribution in [2.45, 2.75) is 0 Å². The Morgan fingerprint density at radius 1 is 0.191 bits per heavy atom. The molecule has 0 bridgehead atoms. The van der Waals surface area contributed by atoms with Crippen molar-refractivity contribution < 1.29 is 0 Å². The van der Waals surface area contributed by atoms with Crippen LogP contribution in [-0.2, 0) is 0 Å². The van der Waals surface area contributed by atoms with Gasteiger partial charge in [-0.05, 0) is 122 Å². The second-order valence-corrected chi connectivity index (χ2v) is 17.7. The van der Waals surface area contributed by atoms with E-state index in [4.69, 9.17) is 0 Å². The van der Waals surface area contributed by atoms with Crippen molar-refractivity contribution in [3.05, 3.63) is 267 Å². The molecule has 0 spiro atoms. The van der Waals surface area contributed by atoms with E-state index in [0.717, 1.165) is 11.4 Å². The van der Waals surface area contributed by atoms with Crippen molar-refractivity contribution in [3.63, 3.8) is 0 Å². The van der Waals surface area contributed by atoms with E-state index in [1.165, 1.54) is 110 Å². The molecule has 2 heteroatoms. The molecule has 0 N–H and O–H groups in total. The van der Waals surface area contributed by atoms with Gasteiger partial charge in [0.15, 0.2) is 0 Å². The van der Waals surface area contributed by atoms with Gasteiger partial charge >= 0.3 is 0 Å². The van der Waals surface area contributed by atoms with Crippen LogP contribution in [0, 0.1) is 0 Å². The molecule has 0 aliphatic carbocycles. The second-order valence-electron chi connectivity index (χ2n) is 17.7. The van der Waals surface area contributed by atoms with Gasteiger partial charge in [-0.25, -0.2) is 0 Å². The fourth-order valence-corrected chi connectivity index (χ4v) is 10.4. The van der Waals surface area contributed by atoms with Crippen molar-refractivity contribution in [3.8, 4) is 78.1 Å². The number of benzene rings is 11. The van der Waals surface area contributed by atoms with E-state index >= 15 is 0 Å². The third kappa shape index (κ3) is 6.82. The van der Waals surface area contributed by atoms with Crippen LogP contribution in [0.3, 0.4) is 0 Å². The zero-order chi connectivity index (χ0) is 45.0. The van der Waals surface area contributed by atoms with E-state index in [0.29, 0.717) is 0 Å². The lowest BCUT2D eigenvalue weighted by atomic mass is 9.95. The smallest absolute Gasteiger partial charge is 0.0619 e. The Hall–Kier alpha value is -8.98. The van der Waals surface area contributed by atoms with Crippen LogP contribution < -0.4 is 0 Å². The molecule has 0 radical (unpaired) electrons. The topological polar surface area (TPSA) is 9.86 Å². The second kappa shape index (κ2) is 16.5. The molecule has 11 aromatic carbocycles. The predicted molar refractivity (Wildman–Crippen MR) is 288 cm³/mol. The molecule has 0 amide bonds. The normalized spacial score (nSPS) is 11.5. The monoisotopic (exact) mass is 864 g/mol. The highest BCUT2D eigenvalue weighted by Gasteiger charge is 2.19. The minimum absolute atomic E-state index is 1.14. The number of hydrogen-bond acceptors (Lipinski definition) is 0. The van der Waals surface area contributed by atoms with Gasteiger partial charge in [0.1, 0.15) is 0 Å². The molecule has 2 nitrogen and oxygen atoms in total. The molecule has 0 aliphatic rings. The van der Waals surface area contributed by atoms with Gasteiger partial charge in [-0.15, -0.1) is 0 Å². The number of fused-ring (bicyclic) bond motifs is 6. The van der Waals surface area contributed by atoms with Crippen LogP contribution in [0.5, 0.6) is 0 Å². The van der Waals surface area contributed by atoms with Gasteiger partial charge in [-0.1, -0.05) is 206 Å². The van der Waals surface area contributed by atoms with E-state index in [1.807, 2.05) is 0 Å². The first-order valence-electron chi connectivity index (χ1n) is 23.4. The van der Waals surface area contributed by atoms with Crippen LogP contribution >= 0.6 is 0 Å². The molecule has 13 rings (SSSR count). The lowest BCUT2D eigenvalue weighted by Crippen LogP contribution is -1.96. The van der Waals surface area contributed by atoms with Crippen LogP contribution in [-0.4, -0.2) is 9.13 Å². The Bertz CT molecular complexity index is 3990. The third-order valence-electron chi connectivity index (χ3n) is 13.7. The lowest BCUT2D eigenvalue weighted by molar-refractivity contribution is 1.18. The average molecular weight is 865 g/mol. The van der Waals surface area contributed by atoms with Crippen LogP contribution in [0.15, 0.2) is 267 Å². The van der Waals surface area contributed by atoms with Gasteiger partial charge in [0.2, 0.25) is 0 Å². The van der Waals surface area contributed by atoms with E-state index in [2.05, 4.69) is 276 Å². The zero-order valence-corrected chi connectivity index (χ0v) is 37.3. The fourth-order valence-electron chi connectivity index (χ4n) is 10.4. The quantitative estimate of drug-likeness (QED) is 0.144. The summed E-state index contributed by atoms with van der Waals surface area (Å²) in [5, 5.41) is 4.96. The van der Waals surface area contributed by atoms with Crippen LogP contribution in [0.25, 0.3) is 122 Å². The summed E-state index contributed by atoms with van der Waals surface area (Å²) in [6, 6.07) is 97.3. The highest BCUT2D eigenvalue weighted by Crippen LogP contribution is 2.42. The molecular weight excluding hydrogens is 821 g/mol. The maximum Gasteiger partial charge on any atom is 0.0619 e. The summed E-state index contributed by atoms with van der Waals surface area (Å²) in [6.45, 7) is 0. The average Bonchev–Trinajstić information content (AvgIpc) is 3.94. The van der Waals surface area contributed by atoms with Crippen molar-refractivity contribution in [1.29, 1.82) is 0 Å². The molecule has 2 aromatic heterocycles. The largest absolute Gasteiger partial charge is 0.309 e. The molecular formula is C66H44N2. The molecule has 68 heavy (non-hydrogen) atoms. The maximum atomic E-state index is 2.46.